The van der Waals surface area contributed by atoms with Crippen molar-refractivity contribution in [3.05, 3.63) is 23.3 Å². The van der Waals surface area contributed by atoms with Gasteiger partial charge in [0.2, 0.25) is 0 Å². The zero-order valence-corrected chi connectivity index (χ0v) is 13.3. The largest absolute Gasteiger partial charge is 0.504 e. The molecule has 3 N–H and O–H groups in total. The maximum absolute atomic E-state index is 10.1. The van der Waals surface area contributed by atoms with Crippen LogP contribution in [0.2, 0.25) is 0 Å². The Kier molecular flexibility index (Phi) is 5.30. The summed E-state index contributed by atoms with van der Waals surface area (Å²) in [5.74, 6) is -0.0623. The molecule has 4 nitrogen and oxygen atoms in total. The first-order chi connectivity index (χ1) is 8.84. The molecule has 1 aliphatic heterocycles. The van der Waals surface area contributed by atoms with E-state index in [-0.39, 0.29) is 41.5 Å². The molecular formula is C15H24ClNO3. The average Bonchev–Trinajstić information content (AvgIpc) is 2.33. The van der Waals surface area contributed by atoms with Crippen LogP contribution in [0.5, 0.6) is 11.5 Å². The first kappa shape index (κ1) is 17.1. The summed E-state index contributed by atoms with van der Waals surface area (Å²) in [5.41, 5.74) is 1.76. The molecule has 0 saturated heterocycles. The van der Waals surface area contributed by atoms with Crippen molar-refractivity contribution >= 4 is 12.4 Å². The lowest BCUT2D eigenvalue weighted by molar-refractivity contribution is -0.0770. The van der Waals surface area contributed by atoms with Gasteiger partial charge in [0.25, 0.3) is 0 Å². The summed E-state index contributed by atoms with van der Waals surface area (Å²) in [5, 5.41) is 22.9. The number of ether oxygens (including phenoxy) is 1. The number of phenolic OH excluding ortho intramolecular Hbond substituents is 2. The van der Waals surface area contributed by atoms with Crippen LogP contribution in [0.25, 0.3) is 0 Å². The summed E-state index contributed by atoms with van der Waals surface area (Å²) < 4.78 is 6.16. The standard InChI is InChI=1S/C15H23NO3.ClH/c1-15(2,3)13-7-10-9(12(19-13)8-16-4)5-6-11(17)14(10)18;/h5-6,12-13,16-18H,7-8H2,1-4H3;1H. The molecule has 2 unspecified atom stereocenters. The minimum absolute atomic E-state index is 0. The van der Waals surface area contributed by atoms with Gasteiger partial charge in [-0.15, -0.1) is 12.4 Å². The maximum Gasteiger partial charge on any atom is 0.161 e. The summed E-state index contributed by atoms with van der Waals surface area (Å²) in [6, 6.07) is 3.36. The Morgan fingerprint density at radius 3 is 2.50 bits per heavy atom. The van der Waals surface area contributed by atoms with Crippen LogP contribution >= 0.6 is 12.4 Å². The number of fused-ring (bicyclic) bond motifs is 1. The molecule has 1 aromatic rings. The second-order valence-corrected chi connectivity index (χ2v) is 6.24. The van der Waals surface area contributed by atoms with Crippen LogP contribution in [-0.4, -0.2) is 29.9 Å². The monoisotopic (exact) mass is 301 g/mol. The normalized spacial score (nSPS) is 22.0. The lowest BCUT2D eigenvalue weighted by atomic mass is 9.81. The lowest BCUT2D eigenvalue weighted by Crippen LogP contribution is -2.39. The molecule has 0 saturated carbocycles. The van der Waals surface area contributed by atoms with Crippen LogP contribution in [0.15, 0.2) is 12.1 Å². The number of halogens is 1. The summed E-state index contributed by atoms with van der Waals surface area (Å²) in [6.07, 6.45) is 0.551. The third-order valence-corrected chi connectivity index (χ3v) is 3.72. The molecule has 0 aromatic heterocycles. The highest BCUT2D eigenvalue weighted by molar-refractivity contribution is 5.85. The quantitative estimate of drug-likeness (QED) is 0.735. The molecule has 1 aliphatic rings. The number of hydrogen-bond donors (Lipinski definition) is 3. The van der Waals surface area contributed by atoms with E-state index in [2.05, 4.69) is 26.1 Å². The van der Waals surface area contributed by atoms with E-state index in [9.17, 15) is 10.2 Å². The zero-order valence-electron chi connectivity index (χ0n) is 12.4. The van der Waals surface area contributed by atoms with Crippen LogP contribution in [0, 0.1) is 5.41 Å². The second-order valence-electron chi connectivity index (χ2n) is 6.24. The van der Waals surface area contributed by atoms with E-state index in [0.29, 0.717) is 13.0 Å². The number of hydrogen-bond acceptors (Lipinski definition) is 4. The van der Waals surface area contributed by atoms with Gasteiger partial charge in [-0.05, 0) is 24.1 Å². The fraction of sp³-hybridized carbons (Fsp3) is 0.600. The molecule has 0 bridgehead atoms. The minimum atomic E-state index is -0.0931. The van der Waals surface area contributed by atoms with Crippen molar-refractivity contribution in [2.45, 2.75) is 39.4 Å². The molecule has 5 heteroatoms. The van der Waals surface area contributed by atoms with Crippen LogP contribution in [0.1, 0.15) is 38.0 Å². The topological polar surface area (TPSA) is 61.7 Å². The predicted molar refractivity (Wildman–Crippen MR) is 81.7 cm³/mol. The first-order valence-corrected chi connectivity index (χ1v) is 6.68. The third kappa shape index (κ3) is 3.19. The van der Waals surface area contributed by atoms with E-state index < -0.39 is 0 Å². The predicted octanol–water partition coefficient (Wildman–Crippen LogP) is 2.77. The van der Waals surface area contributed by atoms with Crippen LogP contribution in [0.3, 0.4) is 0 Å². The first-order valence-electron chi connectivity index (χ1n) is 6.68. The fourth-order valence-electron chi connectivity index (χ4n) is 2.51. The molecule has 0 spiro atoms. The van der Waals surface area contributed by atoms with Crippen LogP contribution in [0.4, 0.5) is 0 Å². The number of likely N-dealkylation sites (N-methyl/N-ethyl adjacent to an activating group) is 1. The number of benzene rings is 1. The average molecular weight is 302 g/mol. The Labute approximate surface area is 126 Å². The molecular weight excluding hydrogens is 278 g/mol. The van der Waals surface area contributed by atoms with Crippen molar-refractivity contribution in [3.63, 3.8) is 0 Å². The van der Waals surface area contributed by atoms with Gasteiger partial charge in [0.15, 0.2) is 11.5 Å². The molecule has 114 valence electrons. The lowest BCUT2D eigenvalue weighted by Gasteiger charge is -2.39. The molecule has 0 aliphatic carbocycles. The van der Waals surface area contributed by atoms with E-state index in [1.807, 2.05) is 13.1 Å². The number of rotatable bonds is 2. The second kappa shape index (κ2) is 6.20. The maximum atomic E-state index is 10.1. The molecule has 1 heterocycles. The van der Waals surface area contributed by atoms with Crippen molar-refractivity contribution in [2.24, 2.45) is 5.41 Å². The van der Waals surface area contributed by atoms with E-state index >= 15 is 0 Å². The van der Waals surface area contributed by atoms with Gasteiger partial charge in [0.05, 0.1) is 12.2 Å². The zero-order chi connectivity index (χ0) is 14.2. The number of phenols is 2. The molecule has 1 aromatic carbocycles. The summed E-state index contributed by atoms with van der Waals surface area (Å²) in [7, 11) is 1.88. The summed E-state index contributed by atoms with van der Waals surface area (Å²) in [4.78, 5) is 0. The van der Waals surface area contributed by atoms with Gasteiger partial charge in [-0.25, -0.2) is 0 Å². The van der Waals surface area contributed by atoms with Gasteiger partial charge in [-0.1, -0.05) is 26.8 Å². The highest BCUT2D eigenvalue weighted by Gasteiger charge is 2.36. The van der Waals surface area contributed by atoms with Crippen molar-refractivity contribution in [3.8, 4) is 11.5 Å². The van der Waals surface area contributed by atoms with Gasteiger partial charge in [0.1, 0.15) is 0 Å². The highest BCUT2D eigenvalue weighted by Crippen LogP contribution is 2.43. The Bertz CT molecular complexity index is 471. The molecule has 20 heavy (non-hydrogen) atoms. The van der Waals surface area contributed by atoms with E-state index in [1.165, 1.54) is 6.07 Å². The summed E-state index contributed by atoms with van der Waals surface area (Å²) >= 11 is 0. The van der Waals surface area contributed by atoms with Gasteiger partial charge >= 0.3 is 0 Å². The minimum Gasteiger partial charge on any atom is -0.504 e. The molecule has 0 amide bonds. The van der Waals surface area contributed by atoms with Gasteiger partial charge in [0, 0.05) is 18.5 Å². The van der Waals surface area contributed by atoms with Crippen molar-refractivity contribution in [1.29, 1.82) is 0 Å². The Morgan fingerprint density at radius 2 is 1.95 bits per heavy atom. The van der Waals surface area contributed by atoms with E-state index in [1.54, 1.807) is 0 Å². The molecule has 2 atom stereocenters. The molecule has 0 radical (unpaired) electrons. The smallest absolute Gasteiger partial charge is 0.161 e. The molecule has 2 rings (SSSR count). The van der Waals surface area contributed by atoms with Gasteiger partial charge < -0.3 is 20.3 Å². The van der Waals surface area contributed by atoms with Gasteiger partial charge in [-0.2, -0.15) is 0 Å². The Hall–Kier alpha value is -0.970. The van der Waals surface area contributed by atoms with Crippen molar-refractivity contribution < 1.29 is 14.9 Å². The highest BCUT2D eigenvalue weighted by atomic mass is 35.5. The van der Waals surface area contributed by atoms with E-state index in [4.69, 9.17) is 4.74 Å². The van der Waals surface area contributed by atoms with Gasteiger partial charge in [-0.3, -0.25) is 0 Å². The summed E-state index contributed by atoms with van der Waals surface area (Å²) in [6.45, 7) is 7.06. The Morgan fingerprint density at radius 1 is 1.30 bits per heavy atom. The fourth-order valence-corrected chi connectivity index (χ4v) is 2.51. The number of nitrogens with one attached hydrogen (secondary N) is 1. The van der Waals surface area contributed by atoms with Crippen LogP contribution in [-0.2, 0) is 11.2 Å². The SMILES string of the molecule is CNCC1OC(C(C)(C)C)Cc2c1ccc(O)c2O.Cl. The molecule has 0 fully saturated rings. The third-order valence-electron chi connectivity index (χ3n) is 3.72. The van der Waals surface area contributed by atoms with E-state index in [0.717, 1.165) is 11.1 Å². The van der Waals surface area contributed by atoms with Crippen LogP contribution < -0.4 is 5.32 Å². The van der Waals surface area contributed by atoms with Crippen molar-refractivity contribution in [1.82, 2.24) is 5.32 Å². The number of aromatic hydroxyl groups is 2. The van der Waals surface area contributed by atoms with Crippen molar-refractivity contribution in [2.75, 3.05) is 13.6 Å². The Balaban J connectivity index is 0.00000200.